The summed E-state index contributed by atoms with van der Waals surface area (Å²) in [5.74, 6) is 0. The van der Waals surface area contributed by atoms with Gasteiger partial charge in [0.05, 0.1) is 0 Å². The smallest absolute Gasteiger partial charge is 0.0149 e. The molecule has 0 spiro atoms. The number of benzene rings is 3. The summed E-state index contributed by atoms with van der Waals surface area (Å²) in [6.07, 6.45) is 4.36. The summed E-state index contributed by atoms with van der Waals surface area (Å²) in [6.45, 7) is 8.36. The van der Waals surface area contributed by atoms with Crippen LogP contribution < -0.4 is 0 Å². The maximum Gasteiger partial charge on any atom is -0.0149 e. The number of rotatable bonds is 1. The summed E-state index contributed by atoms with van der Waals surface area (Å²) in [7, 11) is 0. The fourth-order valence-corrected chi connectivity index (χ4v) is 4.41. The molecule has 0 saturated carbocycles. The highest BCUT2D eigenvalue weighted by atomic mass is 14.2. The van der Waals surface area contributed by atoms with Crippen LogP contribution in [0, 0.1) is 0 Å². The van der Waals surface area contributed by atoms with E-state index in [0.717, 1.165) is 31.3 Å². The zero-order valence-electron chi connectivity index (χ0n) is 15.0. The molecule has 126 valence electrons. The molecular formula is C26H22. The van der Waals surface area contributed by atoms with Gasteiger partial charge in [-0.3, -0.25) is 0 Å². The topological polar surface area (TPSA) is 0 Å². The van der Waals surface area contributed by atoms with Crippen LogP contribution in [0.2, 0.25) is 0 Å². The second-order valence-corrected chi connectivity index (χ2v) is 7.48. The van der Waals surface area contributed by atoms with Gasteiger partial charge in [-0.15, -0.1) is 0 Å². The Morgan fingerprint density at radius 2 is 1.12 bits per heavy atom. The van der Waals surface area contributed by atoms with Gasteiger partial charge in [0.1, 0.15) is 0 Å². The Kier molecular flexibility index (Phi) is 3.46. The highest BCUT2D eigenvalue weighted by molar-refractivity contribution is 5.83. The molecule has 0 radical (unpaired) electrons. The molecular weight excluding hydrogens is 312 g/mol. The molecule has 0 N–H and O–H groups in total. The molecule has 5 rings (SSSR count). The Labute approximate surface area is 155 Å². The average molecular weight is 334 g/mol. The molecule has 0 bridgehead atoms. The van der Waals surface area contributed by atoms with Crippen molar-refractivity contribution in [2.45, 2.75) is 25.7 Å². The first-order valence-corrected chi connectivity index (χ1v) is 9.42. The minimum Gasteiger partial charge on any atom is -0.0952 e. The molecule has 2 aliphatic carbocycles. The van der Waals surface area contributed by atoms with Crippen molar-refractivity contribution in [2.75, 3.05) is 0 Å². The minimum atomic E-state index is 1.02. The van der Waals surface area contributed by atoms with Gasteiger partial charge in [0.2, 0.25) is 0 Å². The number of hydrogen-bond donors (Lipinski definition) is 0. The molecule has 0 heteroatoms. The fraction of sp³-hybridized carbons (Fsp3) is 0.154. The Morgan fingerprint density at radius 3 is 1.92 bits per heavy atom. The lowest BCUT2D eigenvalue weighted by Gasteiger charge is -2.22. The molecule has 0 fully saturated rings. The normalized spacial score (nSPS) is 15.2. The van der Waals surface area contributed by atoms with E-state index in [1.165, 1.54) is 50.1 Å². The molecule has 0 heterocycles. The Hall–Kier alpha value is -2.86. The van der Waals surface area contributed by atoms with Crippen molar-refractivity contribution in [1.29, 1.82) is 0 Å². The average Bonchev–Trinajstić information content (AvgIpc) is 2.70. The summed E-state index contributed by atoms with van der Waals surface area (Å²) in [4.78, 5) is 0. The molecule has 2 aliphatic rings. The summed E-state index contributed by atoms with van der Waals surface area (Å²) < 4.78 is 0. The van der Waals surface area contributed by atoms with E-state index in [4.69, 9.17) is 0 Å². The highest BCUT2D eigenvalue weighted by Crippen LogP contribution is 2.38. The van der Waals surface area contributed by atoms with Gasteiger partial charge in [-0.05, 0) is 81.3 Å². The molecule has 3 aromatic carbocycles. The van der Waals surface area contributed by atoms with Gasteiger partial charge in [-0.2, -0.15) is 0 Å². The zero-order valence-corrected chi connectivity index (χ0v) is 15.0. The molecule has 3 aromatic rings. The predicted octanol–water partition coefficient (Wildman–Crippen LogP) is 6.63. The van der Waals surface area contributed by atoms with Crippen molar-refractivity contribution in [3.63, 3.8) is 0 Å². The van der Waals surface area contributed by atoms with Gasteiger partial charge in [0, 0.05) is 0 Å². The molecule has 0 atom stereocenters. The predicted molar refractivity (Wildman–Crippen MR) is 111 cm³/mol. The van der Waals surface area contributed by atoms with E-state index in [1.807, 2.05) is 0 Å². The van der Waals surface area contributed by atoms with Crippen molar-refractivity contribution >= 4 is 5.57 Å². The number of allylic oxidation sites excluding steroid dienone is 2. The van der Waals surface area contributed by atoms with E-state index in [0.29, 0.717) is 0 Å². The van der Waals surface area contributed by atoms with Crippen LogP contribution in [0.3, 0.4) is 0 Å². The summed E-state index contributed by atoms with van der Waals surface area (Å²) in [5.41, 5.74) is 13.3. The standard InChI is InChI=1S/C26H22/c1-17-7-8-22-15-20(11-13-24(22)18(17)2)21-12-14-26-23(16-21)10-9-19-5-3-4-6-25(19)26/h3-6,11-16H,1-2,7-10H2. The third-order valence-electron chi connectivity index (χ3n) is 5.96. The zero-order chi connectivity index (χ0) is 17.7. The van der Waals surface area contributed by atoms with E-state index in [-0.39, 0.29) is 0 Å². The van der Waals surface area contributed by atoms with Crippen molar-refractivity contribution in [3.8, 4) is 22.3 Å². The van der Waals surface area contributed by atoms with Crippen LogP contribution in [-0.2, 0) is 19.3 Å². The van der Waals surface area contributed by atoms with E-state index < -0.39 is 0 Å². The Balaban J connectivity index is 1.57. The highest BCUT2D eigenvalue weighted by Gasteiger charge is 2.18. The number of fused-ring (bicyclic) bond motifs is 4. The van der Waals surface area contributed by atoms with Crippen molar-refractivity contribution in [2.24, 2.45) is 0 Å². The van der Waals surface area contributed by atoms with Gasteiger partial charge in [0.25, 0.3) is 0 Å². The number of aryl methyl sites for hydroxylation is 3. The molecule has 0 nitrogen and oxygen atoms in total. The first-order valence-electron chi connectivity index (χ1n) is 9.42. The summed E-state index contributed by atoms with van der Waals surface area (Å²) in [6, 6.07) is 22.6. The SMILES string of the molecule is C=C1CCc2cc(-c3ccc4c(c3)CCc3ccccc3-4)ccc2C1=C. The lowest BCUT2D eigenvalue weighted by atomic mass is 9.82. The minimum absolute atomic E-state index is 1.02. The van der Waals surface area contributed by atoms with Crippen molar-refractivity contribution in [3.05, 3.63) is 102 Å². The van der Waals surface area contributed by atoms with E-state index in [2.05, 4.69) is 73.8 Å². The van der Waals surface area contributed by atoms with E-state index in [1.54, 1.807) is 0 Å². The fourth-order valence-electron chi connectivity index (χ4n) is 4.41. The second kappa shape index (κ2) is 5.85. The first kappa shape index (κ1) is 15.4. The largest absolute Gasteiger partial charge is 0.0952 e. The molecule has 26 heavy (non-hydrogen) atoms. The Morgan fingerprint density at radius 1 is 0.538 bits per heavy atom. The number of hydrogen-bond acceptors (Lipinski definition) is 0. The van der Waals surface area contributed by atoms with Gasteiger partial charge in [0.15, 0.2) is 0 Å². The van der Waals surface area contributed by atoms with Gasteiger partial charge < -0.3 is 0 Å². The van der Waals surface area contributed by atoms with E-state index >= 15 is 0 Å². The second-order valence-electron chi connectivity index (χ2n) is 7.48. The van der Waals surface area contributed by atoms with Crippen LogP contribution in [0.15, 0.2) is 79.4 Å². The monoisotopic (exact) mass is 334 g/mol. The van der Waals surface area contributed by atoms with Crippen LogP contribution in [0.1, 0.15) is 28.7 Å². The molecule has 0 amide bonds. The molecule has 0 aromatic heterocycles. The summed E-state index contributed by atoms with van der Waals surface area (Å²) >= 11 is 0. The van der Waals surface area contributed by atoms with Gasteiger partial charge in [-0.25, -0.2) is 0 Å². The van der Waals surface area contributed by atoms with Crippen LogP contribution in [0.4, 0.5) is 0 Å². The summed E-state index contributed by atoms with van der Waals surface area (Å²) in [5, 5.41) is 0. The lowest BCUT2D eigenvalue weighted by molar-refractivity contribution is 0.940. The van der Waals surface area contributed by atoms with Crippen molar-refractivity contribution < 1.29 is 0 Å². The van der Waals surface area contributed by atoms with Crippen LogP contribution in [0.5, 0.6) is 0 Å². The third kappa shape index (κ3) is 2.37. The van der Waals surface area contributed by atoms with Crippen molar-refractivity contribution in [1.82, 2.24) is 0 Å². The maximum absolute atomic E-state index is 4.22. The quantitative estimate of drug-likeness (QED) is 0.468. The molecule has 0 unspecified atom stereocenters. The maximum atomic E-state index is 4.22. The van der Waals surface area contributed by atoms with Crippen LogP contribution in [0.25, 0.3) is 27.8 Å². The van der Waals surface area contributed by atoms with Gasteiger partial charge >= 0.3 is 0 Å². The van der Waals surface area contributed by atoms with Crippen LogP contribution >= 0.6 is 0 Å². The molecule has 0 aliphatic heterocycles. The van der Waals surface area contributed by atoms with E-state index in [9.17, 15) is 0 Å². The third-order valence-corrected chi connectivity index (χ3v) is 5.96. The van der Waals surface area contributed by atoms with Gasteiger partial charge in [-0.1, -0.05) is 73.8 Å². The Bertz CT molecular complexity index is 1070. The molecule has 0 saturated heterocycles. The lowest BCUT2D eigenvalue weighted by Crippen LogP contribution is -2.05. The first-order chi connectivity index (χ1) is 12.7. The van der Waals surface area contributed by atoms with Crippen LogP contribution in [-0.4, -0.2) is 0 Å².